The molecule has 0 saturated heterocycles. The highest BCUT2D eigenvalue weighted by Crippen LogP contribution is 2.46. The highest BCUT2D eigenvalue weighted by atomic mass is 16.5. The number of aliphatic carboxylic acids is 1. The minimum absolute atomic E-state index is 0.331. The fraction of sp³-hybridized carbons (Fsp3) is 0.417. The summed E-state index contributed by atoms with van der Waals surface area (Å²) < 4.78 is 5.43. The summed E-state index contributed by atoms with van der Waals surface area (Å²) in [6.07, 6.45) is 1.49. The van der Waals surface area contributed by atoms with Gasteiger partial charge in [0.25, 0.3) is 0 Å². The van der Waals surface area contributed by atoms with Crippen LogP contribution in [-0.4, -0.2) is 17.7 Å². The summed E-state index contributed by atoms with van der Waals surface area (Å²) in [6, 6.07) is 9.79. The Morgan fingerprint density at radius 3 is 2.53 bits per heavy atom. The van der Waals surface area contributed by atoms with E-state index in [-0.39, 0.29) is 0 Å². The van der Waals surface area contributed by atoms with Gasteiger partial charge in [-0.15, -0.1) is 0 Å². The number of ether oxygens (including phenoxy) is 1. The Labute approximate surface area is 88.7 Å². The number of rotatable bonds is 5. The first-order chi connectivity index (χ1) is 7.23. The summed E-state index contributed by atoms with van der Waals surface area (Å²) in [4.78, 5) is 10.8. The van der Waals surface area contributed by atoms with Crippen molar-refractivity contribution in [1.29, 1.82) is 0 Å². The van der Waals surface area contributed by atoms with Crippen molar-refractivity contribution < 1.29 is 14.6 Å². The second kappa shape index (κ2) is 4.03. The molecule has 1 saturated carbocycles. The zero-order valence-corrected chi connectivity index (χ0v) is 8.48. The normalized spacial score (nSPS) is 17.3. The molecule has 2 rings (SSSR count). The van der Waals surface area contributed by atoms with E-state index in [0.29, 0.717) is 13.2 Å². The van der Waals surface area contributed by atoms with E-state index in [1.54, 1.807) is 0 Å². The maximum atomic E-state index is 10.8. The van der Waals surface area contributed by atoms with Gasteiger partial charge in [0.1, 0.15) is 0 Å². The minimum Gasteiger partial charge on any atom is -0.481 e. The van der Waals surface area contributed by atoms with Gasteiger partial charge >= 0.3 is 5.97 Å². The van der Waals surface area contributed by atoms with Gasteiger partial charge in [-0.25, -0.2) is 0 Å². The highest BCUT2D eigenvalue weighted by molar-refractivity contribution is 5.77. The van der Waals surface area contributed by atoms with E-state index in [1.165, 1.54) is 0 Å². The van der Waals surface area contributed by atoms with E-state index in [1.807, 2.05) is 30.3 Å². The first-order valence-electron chi connectivity index (χ1n) is 5.08. The zero-order valence-electron chi connectivity index (χ0n) is 8.48. The molecule has 15 heavy (non-hydrogen) atoms. The van der Waals surface area contributed by atoms with E-state index < -0.39 is 11.4 Å². The highest BCUT2D eigenvalue weighted by Gasteiger charge is 2.50. The molecule has 0 aromatic heterocycles. The van der Waals surface area contributed by atoms with Crippen molar-refractivity contribution in [3.63, 3.8) is 0 Å². The van der Waals surface area contributed by atoms with Crippen LogP contribution in [0, 0.1) is 5.41 Å². The summed E-state index contributed by atoms with van der Waals surface area (Å²) in [5.74, 6) is -0.726. The van der Waals surface area contributed by atoms with Gasteiger partial charge in [0.15, 0.2) is 0 Å². The lowest BCUT2D eigenvalue weighted by Crippen LogP contribution is -2.21. The van der Waals surface area contributed by atoms with Crippen LogP contribution in [0.2, 0.25) is 0 Å². The number of carbonyl (C=O) groups is 1. The van der Waals surface area contributed by atoms with Crippen molar-refractivity contribution in [2.75, 3.05) is 6.61 Å². The van der Waals surface area contributed by atoms with E-state index in [0.717, 1.165) is 18.4 Å². The summed E-state index contributed by atoms with van der Waals surface area (Å²) in [5.41, 5.74) is 0.507. The number of hydrogen-bond donors (Lipinski definition) is 1. The molecule has 1 aliphatic rings. The number of hydrogen-bond acceptors (Lipinski definition) is 2. The second-order valence-electron chi connectivity index (χ2n) is 4.06. The van der Waals surface area contributed by atoms with Gasteiger partial charge in [-0.3, -0.25) is 4.79 Å². The largest absolute Gasteiger partial charge is 0.481 e. The topological polar surface area (TPSA) is 46.5 Å². The lowest BCUT2D eigenvalue weighted by molar-refractivity contribution is -0.146. The Bertz CT molecular complexity index is 341. The van der Waals surface area contributed by atoms with Crippen LogP contribution in [0.5, 0.6) is 0 Å². The molecular formula is C12H14O3. The maximum Gasteiger partial charge on any atom is 0.311 e. The van der Waals surface area contributed by atoms with Crippen LogP contribution in [-0.2, 0) is 16.1 Å². The predicted octanol–water partition coefficient (Wildman–Crippen LogP) is 2.07. The third-order valence-corrected chi connectivity index (χ3v) is 2.80. The average Bonchev–Trinajstić information content (AvgIpc) is 3.01. The number of benzene rings is 1. The van der Waals surface area contributed by atoms with Crippen LogP contribution in [0.25, 0.3) is 0 Å². The fourth-order valence-electron chi connectivity index (χ4n) is 1.51. The summed E-state index contributed by atoms with van der Waals surface area (Å²) in [7, 11) is 0. The van der Waals surface area contributed by atoms with Gasteiger partial charge in [-0.1, -0.05) is 30.3 Å². The molecule has 0 radical (unpaired) electrons. The monoisotopic (exact) mass is 206 g/mol. The summed E-state index contributed by atoms with van der Waals surface area (Å²) in [5, 5.41) is 8.92. The van der Waals surface area contributed by atoms with Gasteiger partial charge in [-0.2, -0.15) is 0 Å². The van der Waals surface area contributed by atoms with Crippen molar-refractivity contribution in [2.24, 2.45) is 5.41 Å². The first kappa shape index (κ1) is 10.2. The smallest absolute Gasteiger partial charge is 0.311 e. The Morgan fingerprint density at radius 2 is 2.00 bits per heavy atom. The van der Waals surface area contributed by atoms with Gasteiger partial charge in [0.2, 0.25) is 0 Å². The van der Waals surface area contributed by atoms with Crippen molar-refractivity contribution in [1.82, 2.24) is 0 Å². The predicted molar refractivity (Wildman–Crippen MR) is 55.4 cm³/mol. The van der Waals surface area contributed by atoms with E-state index in [9.17, 15) is 4.79 Å². The lowest BCUT2D eigenvalue weighted by Gasteiger charge is -2.10. The SMILES string of the molecule is O=C(O)C1(COCc2ccccc2)CC1. The Balaban J connectivity index is 1.79. The molecular weight excluding hydrogens is 192 g/mol. The van der Waals surface area contributed by atoms with E-state index >= 15 is 0 Å². The summed E-state index contributed by atoms with van der Waals surface area (Å²) in [6.45, 7) is 0.826. The van der Waals surface area contributed by atoms with Crippen LogP contribution in [0.1, 0.15) is 18.4 Å². The van der Waals surface area contributed by atoms with Crippen molar-refractivity contribution >= 4 is 5.97 Å². The van der Waals surface area contributed by atoms with Crippen LogP contribution in [0.3, 0.4) is 0 Å². The molecule has 0 atom stereocenters. The third-order valence-electron chi connectivity index (χ3n) is 2.80. The van der Waals surface area contributed by atoms with Gasteiger partial charge in [0.05, 0.1) is 18.6 Å². The van der Waals surface area contributed by atoms with Crippen molar-refractivity contribution in [2.45, 2.75) is 19.4 Å². The molecule has 0 spiro atoms. The Morgan fingerprint density at radius 1 is 1.33 bits per heavy atom. The molecule has 1 N–H and O–H groups in total. The maximum absolute atomic E-state index is 10.8. The van der Waals surface area contributed by atoms with Gasteiger partial charge in [-0.05, 0) is 18.4 Å². The van der Waals surface area contributed by atoms with Crippen molar-refractivity contribution in [3.8, 4) is 0 Å². The van der Waals surface area contributed by atoms with E-state index in [4.69, 9.17) is 9.84 Å². The zero-order chi connectivity index (χ0) is 10.7. The molecule has 1 aromatic carbocycles. The number of carboxylic acids is 1. The molecule has 1 aliphatic carbocycles. The van der Waals surface area contributed by atoms with Gasteiger partial charge < -0.3 is 9.84 Å². The Hall–Kier alpha value is -1.35. The summed E-state index contributed by atoms with van der Waals surface area (Å²) >= 11 is 0. The minimum atomic E-state index is -0.726. The third kappa shape index (κ3) is 2.36. The van der Waals surface area contributed by atoms with Gasteiger partial charge in [0, 0.05) is 0 Å². The van der Waals surface area contributed by atoms with Crippen molar-refractivity contribution in [3.05, 3.63) is 35.9 Å². The quantitative estimate of drug-likeness (QED) is 0.802. The van der Waals surface area contributed by atoms with E-state index in [2.05, 4.69) is 0 Å². The van der Waals surface area contributed by atoms with Crippen LogP contribution in [0.4, 0.5) is 0 Å². The molecule has 0 aliphatic heterocycles. The molecule has 3 heteroatoms. The Kier molecular flexibility index (Phi) is 2.73. The molecule has 1 fully saturated rings. The molecule has 0 bridgehead atoms. The fourth-order valence-corrected chi connectivity index (χ4v) is 1.51. The van der Waals surface area contributed by atoms with Crippen LogP contribution < -0.4 is 0 Å². The second-order valence-corrected chi connectivity index (χ2v) is 4.06. The molecule has 0 amide bonds. The average molecular weight is 206 g/mol. The molecule has 3 nitrogen and oxygen atoms in total. The molecule has 0 unspecified atom stereocenters. The first-order valence-corrected chi connectivity index (χ1v) is 5.08. The van der Waals surface area contributed by atoms with Crippen LogP contribution in [0.15, 0.2) is 30.3 Å². The molecule has 80 valence electrons. The molecule has 0 heterocycles. The standard InChI is InChI=1S/C12H14O3/c13-11(14)12(6-7-12)9-15-8-10-4-2-1-3-5-10/h1-5H,6-9H2,(H,13,14). The van der Waals surface area contributed by atoms with Crippen LogP contribution >= 0.6 is 0 Å². The lowest BCUT2D eigenvalue weighted by atomic mass is 10.1. The molecule has 1 aromatic rings. The number of carboxylic acid groups (broad SMARTS) is 1.